The topological polar surface area (TPSA) is 127 Å². The Balaban J connectivity index is 1.75. The number of amides is 1. The van der Waals surface area contributed by atoms with Gasteiger partial charge in [0.05, 0.1) is 12.9 Å². The molecule has 0 radical (unpaired) electrons. The second kappa shape index (κ2) is 12.8. The third kappa shape index (κ3) is 7.38. The van der Waals surface area contributed by atoms with E-state index in [0.717, 1.165) is 0 Å². The molecule has 0 aliphatic carbocycles. The summed E-state index contributed by atoms with van der Waals surface area (Å²) in [5.41, 5.74) is 1.36. The van der Waals surface area contributed by atoms with Crippen LogP contribution >= 0.6 is 0 Å². The van der Waals surface area contributed by atoms with Crippen molar-refractivity contribution in [1.82, 2.24) is 19.5 Å². The van der Waals surface area contributed by atoms with Gasteiger partial charge in [-0.05, 0) is 48.4 Å². The number of ether oxygens (including phenoxy) is 1. The predicted octanol–water partition coefficient (Wildman–Crippen LogP) is 6.07. The second-order valence-electron chi connectivity index (χ2n) is 14.3. The lowest BCUT2D eigenvalue weighted by Crippen LogP contribution is -2.50. The van der Waals surface area contributed by atoms with Crippen LogP contribution in [-0.4, -0.2) is 77.4 Å². The van der Waals surface area contributed by atoms with E-state index in [1.54, 1.807) is 35.2 Å². The Morgan fingerprint density at radius 3 is 2.20 bits per heavy atom. The molecule has 1 N–H and O–H groups in total. The molecule has 4 rings (SSSR count). The highest BCUT2D eigenvalue weighted by molar-refractivity contribution is 7.79. The van der Waals surface area contributed by atoms with Crippen LogP contribution in [0.3, 0.4) is 0 Å². The van der Waals surface area contributed by atoms with Crippen molar-refractivity contribution in [3.63, 3.8) is 0 Å². The number of nitrogens with one attached hydrogen (secondary N) is 1. The molecule has 3 heterocycles. The van der Waals surface area contributed by atoms with Crippen LogP contribution in [0.5, 0.6) is 0 Å². The summed E-state index contributed by atoms with van der Waals surface area (Å²) in [6, 6.07) is 8.90. The molecule has 2 aromatic heterocycles. The zero-order valence-electron chi connectivity index (χ0n) is 27.7. The summed E-state index contributed by atoms with van der Waals surface area (Å²) in [7, 11) is -4.54. The third-order valence-electron chi connectivity index (χ3n) is 9.08. The fraction of sp³-hybridized carbons (Fsp3) is 0.600. The van der Waals surface area contributed by atoms with E-state index in [0.29, 0.717) is 16.7 Å². The average molecular weight is 662 g/mol. The van der Waals surface area contributed by atoms with E-state index < -0.39 is 52.3 Å². The first-order valence-electron chi connectivity index (χ1n) is 14.8. The SMILES string of the molecule is CS(=O)O[C@H]1[C@@H](O[Si](C)(C)C(C)(C)C)[C@H](n2cnc3c(NC(=O)c4ccccc4)ncnc32)O[C@@H]1CO[Si](C)(C)C(C)(C)C. The van der Waals surface area contributed by atoms with Crippen molar-refractivity contribution in [2.45, 2.75) is 102 Å². The number of carbonyl (C=O) groups is 1. The Kier molecular flexibility index (Phi) is 10.1. The summed E-state index contributed by atoms with van der Waals surface area (Å²) in [4.78, 5) is 26.4. The summed E-state index contributed by atoms with van der Waals surface area (Å²) in [5.74, 6) is -0.0270. The average Bonchev–Trinajstić information content (AvgIpc) is 3.48. The van der Waals surface area contributed by atoms with Crippen LogP contribution in [0.15, 0.2) is 43.0 Å². The molecule has 0 spiro atoms. The number of imidazole rings is 1. The lowest BCUT2D eigenvalue weighted by atomic mass is 10.1. The first-order chi connectivity index (χ1) is 20.3. The van der Waals surface area contributed by atoms with Crippen LogP contribution in [0.1, 0.15) is 58.1 Å². The molecule has 3 aromatic rings. The number of anilines is 1. The van der Waals surface area contributed by atoms with E-state index in [1.807, 2.05) is 6.07 Å². The molecule has 11 nitrogen and oxygen atoms in total. The summed E-state index contributed by atoms with van der Waals surface area (Å²) >= 11 is -1.59. The molecular formula is C30H47N5O6SSi2. The number of fused-ring (bicyclic) bond motifs is 1. The summed E-state index contributed by atoms with van der Waals surface area (Å²) in [6.45, 7) is 22.0. The van der Waals surface area contributed by atoms with Gasteiger partial charge in [0.1, 0.15) is 24.6 Å². The van der Waals surface area contributed by atoms with Crippen LogP contribution in [0.4, 0.5) is 5.82 Å². The molecule has 1 aromatic carbocycles. The molecule has 0 bridgehead atoms. The molecular weight excluding hydrogens is 615 g/mol. The highest BCUT2D eigenvalue weighted by Crippen LogP contribution is 2.44. The Morgan fingerprint density at radius 2 is 1.61 bits per heavy atom. The quantitative estimate of drug-likeness (QED) is 0.258. The molecule has 1 aliphatic rings. The number of hydrogen-bond donors (Lipinski definition) is 1. The molecule has 1 amide bonds. The van der Waals surface area contributed by atoms with Gasteiger partial charge < -0.3 is 18.9 Å². The highest BCUT2D eigenvalue weighted by atomic mass is 32.2. The molecule has 14 heteroatoms. The fourth-order valence-electron chi connectivity index (χ4n) is 4.39. The second-order valence-corrected chi connectivity index (χ2v) is 24.9. The van der Waals surface area contributed by atoms with Gasteiger partial charge in [0.15, 0.2) is 50.9 Å². The van der Waals surface area contributed by atoms with Crippen molar-refractivity contribution in [1.29, 1.82) is 0 Å². The van der Waals surface area contributed by atoms with Gasteiger partial charge >= 0.3 is 0 Å². The number of rotatable bonds is 10. The molecule has 242 valence electrons. The molecule has 44 heavy (non-hydrogen) atoms. The minimum Gasteiger partial charge on any atom is -0.414 e. The van der Waals surface area contributed by atoms with Crippen molar-refractivity contribution in [3.8, 4) is 0 Å². The Hall–Kier alpha value is -2.34. The number of nitrogens with zero attached hydrogens (tertiary/aromatic N) is 4. The zero-order valence-corrected chi connectivity index (χ0v) is 30.5. The summed E-state index contributed by atoms with van der Waals surface area (Å²) in [6.07, 6.45) is 1.90. The third-order valence-corrected chi connectivity index (χ3v) is 18.6. The van der Waals surface area contributed by atoms with E-state index in [9.17, 15) is 9.00 Å². The van der Waals surface area contributed by atoms with Crippen molar-refractivity contribution in [2.75, 3.05) is 18.2 Å². The van der Waals surface area contributed by atoms with Gasteiger partial charge in [-0.15, -0.1) is 0 Å². The lowest BCUT2D eigenvalue weighted by Gasteiger charge is -2.40. The zero-order chi connectivity index (χ0) is 32.7. The first kappa shape index (κ1) is 34.5. The van der Waals surface area contributed by atoms with Crippen molar-refractivity contribution < 1.29 is 26.8 Å². The summed E-state index contributed by atoms with van der Waals surface area (Å²) < 4.78 is 40.7. The maximum Gasteiger partial charge on any atom is 0.256 e. The molecule has 1 aliphatic heterocycles. The van der Waals surface area contributed by atoms with Crippen LogP contribution in [0.25, 0.3) is 11.2 Å². The van der Waals surface area contributed by atoms with E-state index in [-0.39, 0.29) is 28.4 Å². The van der Waals surface area contributed by atoms with E-state index in [2.05, 4.69) is 88.0 Å². The van der Waals surface area contributed by atoms with Gasteiger partial charge in [0, 0.05) is 11.8 Å². The van der Waals surface area contributed by atoms with Crippen LogP contribution in [0.2, 0.25) is 36.3 Å². The Bertz CT molecular complexity index is 1490. The smallest absolute Gasteiger partial charge is 0.256 e. The number of hydrogen-bond acceptors (Lipinski definition) is 9. The summed E-state index contributed by atoms with van der Waals surface area (Å²) in [5, 5.41) is 2.73. The fourth-order valence-corrected chi connectivity index (χ4v) is 7.23. The monoisotopic (exact) mass is 661 g/mol. The van der Waals surface area contributed by atoms with Crippen LogP contribution in [-0.2, 0) is 28.9 Å². The first-order valence-corrected chi connectivity index (χ1v) is 22.1. The highest BCUT2D eigenvalue weighted by Gasteiger charge is 2.53. The molecule has 1 unspecified atom stereocenters. The van der Waals surface area contributed by atoms with Crippen molar-refractivity contribution in [3.05, 3.63) is 48.5 Å². The van der Waals surface area contributed by atoms with Crippen LogP contribution < -0.4 is 5.32 Å². The standard InChI is InChI=1S/C30H47N5O6SSi2/c1-29(2,3)43(8,9)38-17-21-23(40-42(7)37)24(41-44(10,11)30(4,5)6)28(39-21)35-19-33-22-25(31-18-32-26(22)35)34-27(36)20-15-13-12-14-16-20/h12-16,18-19,21,23-24,28H,17H2,1-11H3,(H,31,32,34,36)/t21-,23-,24-,28-,42?/m1/s1. The maximum atomic E-state index is 12.9. The number of aromatic nitrogens is 4. The number of benzene rings is 1. The van der Waals surface area contributed by atoms with E-state index in [1.165, 1.54) is 12.6 Å². The predicted molar refractivity (Wildman–Crippen MR) is 178 cm³/mol. The van der Waals surface area contributed by atoms with Gasteiger partial charge in [-0.3, -0.25) is 13.5 Å². The van der Waals surface area contributed by atoms with E-state index >= 15 is 0 Å². The number of carbonyl (C=O) groups excluding carboxylic acids is 1. The molecule has 0 saturated carbocycles. The minimum absolute atomic E-state index is 0.00989. The molecule has 5 atom stereocenters. The van der Waals surface area contributed by atoms with Crippen molar-refractivity contribution in [2.24, 2.45) is 0 Å². The molecule has 1 saturated heterocycles. The van der Waals surface area contributed by atoms with Crippen molar-refractivity contribution >= 4 is 50.6 Å². The van der Waals surface area contributed by atoms with Gasteiger partial charge in [0.2, 0.25) is 0 Å². The normalized spacial score (nSPS) is 22.3. The van der Waals surface area contributed by atoms with Gasteiger partial charge in [0.25, 0.3) is 5.91 Å². The largest absolute Gasteiger partial charge is 0.414 e. The van der Waals surface area contributed by atoms with Gasteiger partial charge in [-0.2, -0.15) is 0 Å². The van der Waals surface area contributed by atoms with Gasteiger partial charge in [-0.1, -0.05) is 59.7 Å². The Labute approximate surface area is 265 Å². The van der Waals surface area contributed by atoms with Crippen LogP contribution in [0, 0.1) is 0 Å². The minimum atomic E-state index is -2.39. The lowest BCUT2D eigenvalue weighted by molar-refractivity contribution is -0.0463. The van der Waals surface area contributed by atoms with Gasteiger partial charge in [-0.25, -0.2) is 19.2 Å². The molecule has 1 fully saturated rings. The maximum absolute atomic E-state index is 12.9. The Morgan fingerprint density at radius 1 is 0.977 bits per heavy atom. The van der Waals surface area contributed by atoms with E-state index in [4.69, 9.17) is 17.8 Å².